The number of carbonyl (C=O) groups is 1. The van der Waals surface area contributed by atoms with Crippen LogP contribution in [0.3, 0.4) is 0 Å². The SMILES string of the molecule is Cc1ccc(CC2(O)CCN(C(=O)C=Cc3ccc(O)cc3)CC2)cc1. The first-order valence-electron chi connectivity index (χ1n) is 8.98. The predicted octanol–water partition coefficient (Wildman–Crippen LogP) is 3.31. The number of phenols is 1. The molecule has 1 aliphatic heterocycles. The molecule has 4 heteroatoms. The van der Waals surface area contributed by atoms with Crippen molar-refractivity contribution in [3.8, 4) is 5.75 Å². The fourth-order valence-electron chi connectivity index (χ4n) is 3.26. The van der Waals surface area contributed by atoms with Gasteiger partial charge in [-0.3, -0.25) is 4.79 Å². The lowest BCUT2D eigenvalue weighted by Gasteiger charge is -2.38. The Morgan fingerprint density at radius 2 is 1.69 bits per heavy atom. The summed E-state index contributed by atoms with van der Waals surface area (Å²) in [6.07, 6.45) is 5.09. The van der Waals surface area contributed by atoms with E-state index in [4.69, 9.17) is 0 Å². The second kappa shape index (κ2) is 7.75. The molecule has 1 heterocycles. The molecule has 26 heavy (non-hydrogen) atoms. The molecule has 4 nitrogen and oxygen atoms in total. The minimum atomic E-state index is -0.743. The Kier molecular flexibility index (Phi) is 5.43. The van der Waals surface area contributed by atoms with Crippen molar-refractivity contribution in [2.75, 3.05) is 13.1 Å². The summed E-state index contributed by atoms with van der Waals surface area (Å²) in [5, 5.41) is 20.1. The lowest BCUT2D eigenvalue weighted by atomic mass is 9.85. The van der Waals surface area contributed by atoms with Crippen molar-refractivity contribution < 1.29 is 15.0 Å². The number of nitrogens with zero attached hydrogens (tertiary/aromatic N) is 1. The number of rotatable bonds is 4. The standard InChI is InChI=1S/C22H25NO3/c1-17-2-4-19(5-3-17)16-22(26)12-14-23(15-13-22)21(25)11-8-18-6-9-20(24)10-7-18/h2-11,24,26H,12-16H2,1H3. The van der Waals surface area contributed by atoms with E-state index < -0.39 is 5.60 Å². The maximum atomic E-state index is 12.4. The summed E-state index contributed by atoms with van der Waals surface area (Å²) >= 11 is 0. The van der Waals surface area contributed by atoms with Crippen LogP contribution in [-0.4, -0.2) is 39.7 Å². The van der Waals surface area contributed by atoms with Gasteiger partial charge < -0.3 is 15.1 Å². The maximum absolute atomic E-state index is 12.4. The smallest absolute Gasteiger partial charge is 0.246 e. The molecule has 0 bridgehead atoms. The highest BCUT2D eigenvalue weighted by atomic mass is 16.3. The van der Waals surface area contributed by atoms with Gasteiger partial charge in [0.1, 0.15) is 5.75 Å². The Morgan fingerprint density at radius 3 is 2.31 bits per heavy atom. The van der Waals surface area contributed by atoms with Gasteiger partial charge in [0, 0.05) is 25.6 Å². The Hall–Kier alpha value is -2.59. The Morgan fingerprint density at radius 1 is 1.08 bits per heavy atom. The summed E-state index contributed by atoms with van der Waals surface area (Å²) in [6.45, 7) is 3.16. The third-order valence-electron chi connectivity index (χ3n) is 4.97. The van der Waals surface area contributed by atoms with Gasteiger partial charge in [-0.1, -0.05) is 42.0 Å². The number of aryl methyl sites for hydroxylation is 1. The van der Waals surface area contributed by atoms with Crippen molar-refractivity contribution in [2.24, 2.45) is 0 Å². The molecule has 0 atom stereocenters. The van der Waals surface area contributed by atoms with Gasteiger partial charge in [-0.25, -0.2) is 0 Å². The predicted molar refractivity (Wildman–Crippen MR) is 103 cm³/mol. The van der Waals surface area contributed by atoms with Crippen LogP contribution in [0.2, 0.25) is 0 Å². The minimum absolute atomic E-state index is 0.0459. The van der Waals surface area contributed by atoms with E-state index in [-0.39, 0.29) is 11.7 Å². The van der Waals surface area contributed by atoms with E-state index in [9.17, 15) is 15.0 Å². The highest BCUT2D eigenvalue weighted by Crippen LogP contribution is 2.27. The van der Waals surface area contributed by atoms with Crippen LogP contribution in [0.4, 0.5) is 0 Å². The number of piperidine rings is 1. The first kappa shape index (κ1) is 18.2. The van der Waals surface area contributed by atoms with Gasteiger partial charge in [-0.05, 0) is 49.1 Å². The highest BCUT2D eigenvalue weighted by molar-refractivity contribution is 5.91. The maximum Gasteiger partial charge on any atom is 0.246 e. The van der Waals surface area contributed by atoms with E-state index in [1.807, 2.05) is 6.92 Å². The van der Waals surface area contributed by atoms with E-state index in [1.54, 1.807) is 41.3 Å². The molecule has 0 aromatic heterocycles. The van der Waals surface area contributed by atoms with Crippen molar-refractivity contribution in [1.29, 1.82) is 0 Å². The molecule has 0 unspecified atom stereocenters. The number of hydrogen-bond acceptors (Lipinski definition) is 3. The average molecular weight is 351 g/mol. The van der Waals surface area contributed by atoms with Crippen molar-refractivity contribution in [2.45, 2.75) is 31.8 Å². The number of likely N-dealkylation sites (tertiary alicyclic amines) is 1. The molecule has 1 saturated heterocycles. The molecule has 0 aliphatic carbocycles. The first-order valence-corrected chi connectivity index (χ1v) is 8.98. The van der Waals surface area contributed by atoms with Gasteiger partial charge in [0.05, 0.1) is 5.60 Å². The number of phenolic OH excluding ortho intramolecular Hbond substituents is 1. The van der Waals surface area contributed by atoms with Crippen LogP contribution in [0, 0.1) is 6.92 Å². The van der Waals surface area contributed by atoms with Gasteiger partial charge in [0.25, 0.3) is 0 Å². The second-order valence-corrected chi connectivity index (χ2v) is 7.14. The number of hydrogen-bond donors (Lipinski definition) is 2. The molecule has 2 N–H and O–H groups in total. The highest BCUT2D eigenvalue weighted by Gasteiger charge is 2.33. The van der Waals surface area contributed by atoms with Crippen LogP contribution >= 0.6 is 0 Å². The van der Waals surface area contributed by atoms with Gasteiger partial charge in [-0.15, -0.1) is 0 Å². The van der Waals surface area contributed by atoms with Crippen LogP contribution in [0.5, 0.6) is 5.75 Å². The van der Waals surface area contributed by atoms with Crippen LogP contribution in [0.1, 0.15) is 29.5 Å². The molecule has 0 saturated carbocycles. The van der Waals surface area contributed by atoms with Crippen molar-refractivity contribution in [3.05, 3.63) is 71.3 Å². The molecule has 2 aromatic rings. The van der Waals surface area contributed by atoms with Gasteiger partial charge in [-0.2, -0.15) is 0 Å². The number of aromatic hydroxyl groups is 1. The number of aliphatic hydroxyl groups is 1. The zero-order chi connectivity index (χ0) is 18.6. The largest absolute Gasteiger partial charge is 0.508 e. The molecular weight excluding hydrogens is 326 g/mol. The molecule has 3 rings (SSSR count). The van der Waals surface area contributed by atoms with E-state index in [0.29, 0.717) is 32.4 Å². The molecular formula is C22H25NO3. The van der Waals surface area contributed by atoms with Crippen molar-refractivity contribution in [3.63, 3.8) is 0 Å². The van der Waals surface area contributed by atoms with Crippen molar-refractivity contribution in [1.82, 2.24) is 4.90 Å². The fourth-order valence-corrected chi connectivity index (χ4v) is 3.26. The monoisotopic (exact) mass is 351 g/mol. The lowest BCUT2D eigenvalue weighted by molar-refractivity contribution is -0.130. The lowest BCUT2D eigenvalue weighted by Crippen LogP contribution is -2.47. The van der Waals surface area contributed by atoms with E-state index in [1.165, 1.54) is 5.56 Å². The molecule has 1 aliphatic rings. The molecule has 0 radical (unpaired) electrons. The zero-order valence-corrected chi connectivity index (χ0v) is 15.1. The summed E-state index contributed by atoms with van der Waals surface area (Å²) in [6, 6.07) is 14.9. The summed E-state index contributed by atoms with van der Waals surface area (Å²) < 4.78 is 0. The van der Waals surface area contributed by atoms with Crippen LogP contribution < -0.4 is 0 Å². The Bertz CT molecular complexity index is 770. The summed E-state index contributed by atoms with van der Waals surface area (Å²) in [5.74, 6) is 0.160. The van der Waals surface area contributed by atoms with Gasteiger partial charge in [0.15, 0.2) is 0 Å². The van der Waals surface area contributed by atoms with E-state index >= 15 is 0 Å². The Labute approximate surface area is 154 Å². The van der Waals surface area contributed by atoms with Gasteiger partial charge in [0.2, 0.25) is 5.91 Å². The average Bonchev–Trinajstić information content (AvgIpc) is 2.63. The zero-order valence-electron chi connectivity index (χ0n) is 15.1. The molecule has 2 aromatic carbocycles. The van der Waals surface area contributed by atoms with E-state index in [2.05, 4.69) is 24.3 Å². The Balaban J connectivity index is 1.54. The molecule has 1 amide bonds. The number of carbonyl (C=O) groups excluding carboxylic acids is 1. The van der Waals surface area contributed by atoms with Crippen LogP contribution in [-0.2, 0) is 11.2 Å². The normalized spacial score (nSPS) is 16.8. The van der Waals surface area contributed by atoms with E-state index in [0.717, 1.165) is 11.1 Å². The minimum Gasteiger partial charge on any atom is -0.508 e. The molecule has 1 fully saturated rings. The summed E-state index contributed by atoms with van der Waals surface area (Å²) in [4.78, 5) is 14.1. The quantitative estimate of drug-likeness (QED) is 0.831. The number of benzene rings is 2. The molecule has 136 valence electrons. The van der Waals surface area contributed by atoms with Crippen LogP contribution in [0.15, 0.2) is 54.6 Å². The van der Waals surface area contributed by atoms with Crippen molar-refractivity contribution >= 4 is 12.0 Å². The molecule has 0 spiro atoms. The fraction of sp³-hybridized carbons (Fsp3) is 0.318. The van der Waals surface area contributed by atoms with Crippen LogP contribution in [0.25, 0.3) is 6.08 Å². The topological polar surface area (TPSA) is 60.8 Å². The first-order chi connectivity index (χ1) is 12.4. The second-order valence-electron chi connectivity index (χ2n) is 7.14. The third kappa shape index (κ3) is 4.73. The summed E-state index contributed by atoms with van der Waals surface area (Å²) in [5.41, 5.74) is 2.46. The summed E-state index contributed by atoms with van der Waals surface area (Å²) in [7, 11) is 0. The number of amides is 1. The van der Waals surface area contributed by atoms with Gasteiger partial charge >= 0.3 is 0 Å². The third-order valence-corrected chi connectivity index (χ3v) is 4.97.